The van der Waals surface area contributed by atoms with Gasteiger partial charge >= 0.3 is 0 Å². The SMILES string of the molecule is [c]1cc2c(s1)CCNC2. The Bertz CT molecular complexity index is 184. The fraction of sp³-hybridized carbons (Fsp3) is 0.429. The first-order valence-corrected chi connectivity index (χ1v) is 3.97. The van der Waals surface area contributed by atoms with E-state index in [9.17, 15) is 0 Å². The Hall–Kier alpha value is -0.340. The second kappa shape index (κ2) is 2.12. The van der Waals surface area contributed by atoms with Crippen molar-refractivity contribution in [3.05, 3.63) is 21.9 Å². The summed E-state index contributed by atoms with van der Waals surface area (Å²) in [5.41, 5.74) is 1.45. The van der Waals surface area contributed by atoms with Crippen molar-refractivity contribution in [2.45, 2.75) is 13.0 Å². The molecule has 0 bridgehead atoms. The van der Waals surface area contributed by atoms with Crippen LogP contribution in [0.5, 0.6) is 0 Å². The van der Waals surface area contributed by atoms with Crippen molar-refractivity contribution in [1.29, 1.82) is 0 Å². The average molecular weight is 138 g/mol. The third-order valence-electron chi connectivity index (χ3n) is 1.62. The first-order chi connectivity index (χ1) is 4.47. The van der Waals surface area contributed by atoms with Gasteiger partial charge in [0.2, 0.25) is 0 Å². The summed E-state index contributed by atoms with van der Waals surface area (Å²) in [7, 11) is 0. The zero-order valence-electron chi connectivity index (χ0n) is 5.11. The van der Waals surface area contributed by atoms with Gasteiger partial charge < -0.3 is 5.32 Å². The maximum atomic E-state index is 3.31. The molecule has 1 radical (unpaired) electrons. The van der Waals surface area contributed by atoms with Gasteiger partial charge in [-0.05, 0) is 18.1 Å². The van der Waals surface area contributed by atoms with E-state index in [0.717, 1.165) is 13.1 Å². The molecule has 0 aliphatic carbocycles. The topological polar surface area (TPSA) is 12.0 Å². The molecule has 0 saturated carbocycles. The molecule has 0 atom stereocenters. The molecule has 1 aliphatic heterocycles. The molecule has 47 valence electrons. The van der Waals surface area contributed by atoms with Gasteiger partial charge in [-0.3, -0.25) is 0 Å². The van der Waals surface area contributed by atoms with Gasteiger partial charge in [-0.1, -0.05) is 0 Å². The second-order valence-corrected chi connectivity index (χ2v) is 3.17. The molecule has 1 aromatic heterocycles. The van der Waals surface area contributed by atoms with E-state index < -0.39 is 0 Å². The molecular weight excluding hydrogens is 130 g/mol. The van der Waals surface area contributed by atoms with Crippen LogP contribution in [-0.4, -0.2) is 6.54 Å². The lowest BCUT2D eigenvalue weighted by molar-refractivity contribution is 0.653. The van der Waals surface area contributed by atoms with E-state index in [1.165, 1.54) is 16.9 Å². The van der Waals surface area contributed by atoms with Crippen LogP contribution in [0.3, 0.4) is 0 Å². The van der Waals surface area contributed by atoms with Gasteiger partial charge in [0.1, 0.15) is 0 Å². The highest BCUT2D eigenvalue weighted by Crippen LogP contribution is 2.18. The molecule has 9 heavy (non-hydrogen) atoms. The predicted molar refractivity (Wildman–Crippen MR) is 38.6 cm³/mol. The Morgan fingerprint density at radius 1 is 1.67 bits per heavy atom. The Labute approximate surface area is 58.7 Å². The number of rotatable bonds is 0. The lowest BCUT2D eigenvalue weighted by Gasteiger charge is -2.10. The van der Waals surface area contributed by atoms with Crippen LogP contribution < -0.4 is 5.32 Å². The van der Waals surface area contributed by atoms with E-state index in [-0.39, 0.29) is 0 Å². The number of hydrogen-bond donors (Lipinski definition) is 1. The lowest BCUT2D eigenvalue weighted by Crippen LogP contribution is -2.21. The van der Waals surface area contributed by atoms with Crippen LogP contribution in [0.4, 0.5) is 0 Å². The van der Waals surface area contributed by atoms with Gasteiger partial charge in [0.15, 0.2) is 0 Å². The number of nitrogens with one attached hydrogen (secondary N) is 1. The van der Waals surface area contributed by atoms with Crippen LogP contribution in [0.1, 0.15) is 10.4 Å². The average Bonchev–Trinajstić information content (AvgIpc) is 2.33. The first kappa shape index (κ1) is 5.45. The largest absolute Gasteiger partial charge is 0.312 e. The summed E-state index contributed by atoms with van der Waals surface area (Å²) < 4.78 is 0. The molecule has 2 heteroatoms. The smallest absolute Gasteiger partial charge is 0.0449 e. The summed E-state index contributed by atoms with van der Waals surface area (Å²) in [6.07, 6.45) is 1.20. The van der Waals surface area contributed by atoms with E-state index in [1.807, 2.05) is 0 Å². The summed E-state index contributed by atoms with van der Waals surface area (Å²) in [5.74, 6) is 0. The van der Waals surface area contributed by atoms with E-state index in [2.05, 4.69) is 16.8 Å². The Kier molecular flexibility index (Phi) is 1.28. The predicted octanol–water partition coefficient (Wildman–Crippen LogP) is 1.19. The lowest BCUT2D eigenvalue weighted by atomic mass is 10.1. The van der Waals surface area contributed by atoms with Gasteiger partial charge in [-0.15, -0.1) is 11.3 Å². The number of thiophene rings is 1. The van der Waals surface area contributed by atoms with Crippen LogP contribution in [-0.2, 0) is 13.0 Å². The van der Waals surface area contributed by atoms with Crippen molar-refractivity contribution in [3.8, 4) is 0 Å². The standard InChI is InChI=1S/C7H8NS/c1-3-8-5-6-2-4-9-7(1)6/h2,8H,1,3,5H2. The summed E-state index contributed by atoms with van der Waals surface area (Å²) >= 11 is 1.76. The zero-order valence-corrected chi connectivity index (χ0v) is 5.92. The molecule has 0 amide bonds. The van der Waals surface area contributed by atoms with Gasteiger partial charge in [0.25, 0.3) is 0 Å². The van der Waals surface area contributed by atoms with Crippen LogP contribution in [0.15, 0.2) is 6.07 Å². The van der Waals surface area contributed by atoms with Crippen LogP contribution in [0.25, 0.3) is 0 Å². The zero-order chi connectivity index (χ0) is 6.10. The number of hydrogen-bond acceptors (Lipinski definition) is 2. The molecular formula is C7H8NS. The maximum Gasteiger partial charge on any atom is 0.0449 e. The normalized spacial score (nSPS) is 17.3. The molecule has 1 aliphatic rings. The van der Waals surface area contributed by atoms with Crippen molar-refractivity contribution in [3.63, 3.8) is 0 Å². The molecule has 2 rings (SSSR count). The third kappa shape index (κ3) is 0.884. The minimum absolute atomic E-state index is 1.05. The second-order valence-electron chi connectivity index (χ2n) is 2.24. The van der Waals surface area contributed by atoms with Gasteiger partial charge in [0, 0.05) is 23.3 Å². The van der Waals surface area contributed by atoms with E-state index >= 15 is 0 Å². The van der Waals surface area contributed by atoms with Crippen molar-refractivity contribution in [2.24, 2.45) is 0 Å². The third-order valence-corrected chi connectivity index (χ3v) is 2.57. The summed E-state index contributed by atoms with van der Waals surface area (Å²) in [6.45, 7) is 2.19. The molecule has 1 nitrogen and oxygen atoms in total. The summed E-state index contributed by atoms with van der Waals surface area (Å²) in [4.78, 5) is 1.52. The van der Waals surface area contributed by atoms with Crippen molar-refractivity contribution < 1.29 is 0 Å². The Balaban J connectivity index is 2.39. The van der Waals surface area contributed by atoms with Crippen molar-refractivity contribution >= 4 is 11.3 Å². The Morgan fingerprint density at radius 3 is 3.56 bits per heavy atom. The molecule has 0 saturated heterocycles. The summed E-state index contributed by atoms with van der Waals surface area (Å²) in [5, 5.41) is 6.46. The van der Waals surface area contributed by atoms with Crippen molar-refractivity contribution in [2.75, 3.05) is 6.54 Å². The molecule has 1 N–H and O–H groups in total. The van der Waals surface area contributed by atoms with E-state index in [1.54, 1.807) is 11.3 Å². The maximum absolute atomic E-state index is 3.31. The fourth-order valence-corrected chi connectivity index (χ4v) is 1.91. The first-order valence-electron chi connectivity index (χ1n) is 3.15. The highest BCUT2D eigenvalue weighted by molar-refractivity contribution is 7.09. The molecule has 0 spiro atoms. The highest BCUT2D eigenvalue weighted by atomic mass is 32.1. The van der Waals surface area contributed by atoms with Crippen LogP contribution in [0, 0.1) is 5.38 Å². The van der Waals surface area contributed by atoms with Gasteiger partial charge in [0.05, 0.1) is 0 Å². The van der Waals surface area contributed by atoms with Gasteiger partial charge in [-0.2, -0.15) is 0 Å². The highest BCUT2D eigenvalue weighted by Gasteiger charge is 2.07. The molecule has 0 fully saturated rings. The number of fused-ring (bicyclic) bond motifs is 1. The summed E-state index contributed by atoms with van der Waals surface area (Å²) in [6, 6.07) is 2.09. The quantitative estimate of drug-likeness (QED) is 0.568. The van der Waals surface area contributed by atoms with E-state index in [4.69, 9.17) is 0 Å². The van der Waals surface area contributed by atoms with Gasteiger partial charge in [-0.25, -0.2) is 0 Å². The minimum atomic E-state index is 1.05. The fourth-order valence-electron chi connectivity index (χ4n) is 1.10. The van der Waals surface area contributed by atoms with Crippen molar-refractivity contribution in [1.82, 2.24) is 5.32 Å². The van der Waals surface area contributed by atoms with Crippen LogP contribution >= 0.6 is 11.3 Å². The van der Waals surface area contributed by atoms with E-state index in [0.29, 0.717) is 0 Å². The molecule has 0 aromatic carbocycles. The molecule has 1 aromatic rings. The Morgan fingerprint density at radius 2 is 2.67 bits per heavy atom. The molecule has 2 heterocycles. The van der Waals surface area contributed by atoms with Crippen LogP contribution in [0.2, 0.25) is 0 Å². The molecule has 0 unspecified atom stereocenters. The monoisotopic (exact) mass is 138 g/mol. The minimum Gasteiger partial charge on any atom is -0.312 e.